The molecular weight excluding hydrogens is 186 g/mol. The second-order valence-corrected chi connectivity index (χ2v) is 1.81. The van der Waals surface area contributed by atoms with E-state index < -0.39 is 17.9 Å². The van der Waals surface area contributed by atoms with Crippen LogP contribution in [-0.2, 0) is 0 Å². The fourth-order valence-electron chi connectivity index (χ4n) is 0.468. The maximum absolute atomic E-state index is 11.6. The van der Waals surface area contributed by atoms with Gasteiger partial charge in [0.25, 0.3) is 0 Å². The van der Waals surface area contributed by atoms with E-state index in [1.807, 2.05) is 0 Å². The van der Waals surface area contributed by atoms with Crippen LogP contribution in [0.3, 0.4) is 0 Å². The maximum Gasteiger partial charge on any atom is 0.421 e. The van der Waals surface area contributed by atoms with E-state index >= 15 is 0 Å². The lowest BCUT2D eigenvalue weighted by Crippen LogP contribution is -2.25. The van der Waals surface area contributed by atoms with Crippen LogP contribution < -0.4 is 0 Å². The second-order valence-electron chi connectivity index (χ2n) is 1.81. The first-order valence-electron chi connectivity index (χ1n) is 2.66. The number of alkyl halides is 6. The van der Waals surface area contributed by atoms with Gasteiger partial charge in [-0.1, -0.05) is 12.7 Å². The average Bonchev–Trinajstić information content (AvgIpc) is 1.77. The highest BCUT2D eigenvalue weighted by Gasteiger charge is 2.50. The molecular formula is C6H4F6. The number of hydrogen-bond acceptors (Lipinski definition) is 0. The summed E-state index contributed by atoms with van der Waals surface area (Å²) >= 11 is 0. The molecule has 0 N–H and O–H groups in total. The Morgan fingerprint density at radius 1 is 0.917 bits per heavy atom. The number of rotatable bonds is 1. The third kappa shape index (κ3) is 2.98. The Morgan fingerprint density at radius 2 is 1.25 bits per heavy atom. The van der Waals surface area contributed by atoms with Crippen LogP contribution in [0.2, 0.25) is 0 Å². The summed E-state index contributed by atoms with van der Waals surface area (Å²) < 4.78 is 69.4. The molecule has 12 heavy (non-hydrogen) atoms. The van der Waals surface area contributed by atoms with Crippen molar-refractivity contribution >= 4 is 0 Å². The van der Waals surface area contributed by atoms with E-state index in [1.54, 1.807) is 0 Å². The van der Waals surface area contributed by atoms with Crippen molar-refractivity contribution in [1.82, 2.24) is 0 Å². The molecule has 0 bridgehead atoms. The largest absolute Gasteiger partial charge is 0.421 e. The van der Waals surface area contributed by atoms with Gasteiger partial charge in [-0.25, -0.2) is 0 Å². The molecule has 0 rings (SSSR count). The van der Waals surface area contributed by atoms with E-state index in [4.69, 9.17) is 0 Å². The fourth-order valence-corrected chi connectivity index (χ4v) is 0.468. The molecule has 0 aromatic heterocycles. The molecule has 0 aliphatic heterocycles. The highest BCUT2D eigenvalue weighted by molar-refractivity contribution is 5.20. The lowest BCUT2D eigenvalue weighted by Gasteiger charge is -2.13. The minimum absolute atomic E-state index is 0.111. The zero-order chi connectivity index (χ0) is 9.99. The van der Waals surface area contributed by atoms with Gasteiger partial charge in [0.05, 0.1) is 0 Å². The number of halogens is 6. The lowest BCUT2D eigenvalue weighted by atomic mass is 10.2. The lowest BCUT2D eigenvalue weighted by molar-refractivity contribution is -0.171. The molecule has 0 atom stereocenters. The quantitative estimate of drug-likeness (QED) is 0.439. The van der Waals surface area contributed by atoms with Crippen molar-refractivity contribution in [1.29, 1.82) is 0 Å². The monoisotopic (exact) mass is 190 g/mol. The van der Waals surface area contributed by atoms with Crippen molar-refractivity contribution in [2.45, 2.75) is 12.4 Å². The van der Waals surface area contributed by atoms with E-state index in [-0.39, 0.29) is 6.08 Å². The molecule has 0 radical (unpaired) electrons. The van der Waals surface area contributed by atoms with Crippen molar-refractivity contribution in [2.75, 3.05) is 0 Å². The first-order valence-corrected chi connectivity index (χ1v) is 2.66. The van der Waals surface area contributed by atoms with Crippen LogP contribution in [0.25, 0.3) is 0 Å². The van der Waals surface area contributed by atoms with Gasteiger partial charge in [0.2, 0.25) is 0 Å². The van der Waals surface area contributed by atoms with Crippen LogP contribution in [0.15, 0.2) is 24.3 Å². The Kier molecular flexibility index (Phi) is 2.95. The SMILES string of the molecule is C=CC=C(C(F)(F)F)C(F)(F)F. The van der Waals surface area contributed by atoms with Gasteiger partial charge >= 0.3 is 12.4 Å². The Hall–Kier alpha value is -0.940. The van der Waals surface area contributed by atoms with Crippen molar-refractivity contribution < 1.29 is 26.3 Å². The molecule has 0 amide bonds. The number of allylic oxidation sites excluding steroid dienone is 3. The van der Waals surface area contributed by atoms with Gasteiger partial charge in [0.1, 0.15) is 5.57 Å². The first-order chi connectivity index (χ1) is 5.19. The molecule has 0 aromatic carbocycles. The van der Waals surface area contributed by atoms with Crippen LogP contribution in [-0.4, -0.2) is 12.4 Å². The first kappa shape index (κ1) is 11.1. The Morgan fingerprint density at radius 3 is 1.33 bits per heavy atom. The number of hydrogen-bond donors (Lipinski definition) is 0. The predicted molar refractivity (Wildman–Crippen MR) is 30.4 cm³/mol. The third-order valence-corrected chi connectivity index (χ3v) is 0.895. The zero-order valence-corrected chi connectivity index (χ0v) is 5.63. The summed E-state index contributed by atoms with van der Waals surface area (Å²) in [6, 6.07) is 0. The highest BCUT2D eigenvalue weighted by Crippen LogP contribution is 2.38. The van der Waals surface area contributed by atoms with E-state index in [9.17, 15) is 26.3 Å². The van der Waals surface area contributed by atoms with Crippen molar-refractivity contribution in [2.24, 2.45) is 0 Å². The molecule has 0 nitrogen and oxygen atoms in total. The summed E-state index contributed by atoms with van der Waals surface area (Å²) in [4.78, 5) is 0. The zero-order valence-electron chi connectivity index (χ0n) is 5.63. The van der Waals surface area contributed by atoms with Crippen molar-refractivity contribution in [3.8, 4) is 0 Å². The highest BCUT2D eigenvalue weighted by atomic mass is 19.4. The van der Waals surface area contributed by atoms with E-state index in [0.29, 0.717) is 6.08 Å². The maximum atomic E-state index is 11.6. The molecule has 0 spiro atoms. The molecule has 70 valence electrons. The van der Waals surface area contributed by atoms with Gasteiger partial charge in [-0.15, -0.1) is 0 Å². The molecule has 0 aliphatic rings. The van der Waals surface area contributed by atoms with Gasteiger partial charge in [0, 0.05) is 0 Å². The van der Waals surface area contributed by atoms with Crippen LogP contribution in [0.5, 0.6) is 0 Å². The molecule has 0 unspecified atom stereocenters. The summed E-state index contributed by atoms with van der Waals surface area (Å²) in [5, 5.41) is 0. The van der Waals surface area contributed by atoms with Gasteiger partial charge < -0.3 is 0 Å². The van der Waals surface area contributed by atoms with E-state index in [0.717, 1.165) is 0 Å². The van der Waals surface area contributed by atoms with Crippen LogP contribution in [0.1, 0.15) is 0 Å². The van der Waals surface area contributed by atoms with Crippen LogP contribution in [0.4, 0.5) is 26.3 Å². The van der Waals surface area contributed by atoms with E-state index in [2.05, 4.69) is 6.58 Å². The fraction of sp³-hybridized carbons (Fsp3) is 0.333. The van der Waals surface area contributed by atoms with Gasteiger partial charge in [-0.05, 0) is 6.08 Å². The van der Waals surface area contributed by atoms with Gasteiger partial charge in [-0.2, -0.15) is 26.3 Å². The summed E-state index contributed by atoms with van der Waals surface area (Å²) in [6.45, 7) is 2.75. The molecule has 0 fully saturated rings. The van der Waals surface area contributed by atoms with Crippen LogP contribution >= 0.6 is 0 Å². The summed E-state index contributed by atoms with van der Waals surface area (Å²) in [7, 11) is 0. The molecule has 0 heterocycles. The van der Waals surface area contributed by atoms with Crippen molar-refractivity contribution in [3.05, 3.63) is 24.3 Å². The molecule has 0 aliphatic carbocycles. The average molecular weight is 190 g/mol. The predicted octanol–water partition coefficient (Wildman–Crippen LogP) is 3.22. The minimum atomic E-state index is -5.38. The third-order valence-electron chi connectivity index (χ3n) is 0.895. The van der Waals surface area contributed by atoms with E-state index in [1.165, 1.54) is 0 Å². The normalized spacial score (nSPS) is 12.5. The standard InChI is InChI=1S/C6H4F6/c1-2-3-4(5(7,8)9)6(10,11)12/h2-3H,1H2. The van der Waals surface area contributed by atoms with Gasteiger partial charge in [0.15, 0.2) is 0 Å². The Bertz CT molecular complexity index is 177. The summed E-state index contributed by atoms with van der Waals surface area (Å²) in [6.07, 6.45) is -10.4. The summed E-state index contributed by atoms with van der Waals surface area (Å²) in [5.74, 6) is 0. The smallest absolute Gasteiger partial charge is 0.166 e. The van der Waals surface area contributed by atoms with Crippen molar-refractivity contribution in [3.63, 3.8) is 0 Å². The minimum Gasteiger partial charge on any atom is -0.166 e. The molecule has 0 saturated carbocycles. The molecule has 0 aromatic rings. The van der Waals surface area contributed by atoms with Gasteiger partial charge in [-0.3, -0.25) is 0 Å². The Labute approximate surface area is 64.2 Å². The summed E-state index contributed by atoms with van der Waals surface area (Å²) in [5.41, 5.74) is -2.55. The Balaban J connectivity index is 4.95. The molecule has 6 heteroatoms. The van der Waals surface area contributed by atoms with Crippen LogP contribution in [0, 0.1) is 0 Å². The topological polar surface area (TPSA) is 0 Å². The second kappa shape index (κ2) is 3.20. The molecule has 0 saturated heterocycles.